The van der Waals surface area contributed by atoms with Gasteiger partial charge in [0.2, 0.25) is 0 Å². The summed E-state index contributed by atoms with van der Waals surface area (Å²) in [6.45, 7) is 0. The minimum Gasteiger partial charge on any atom is -0.309 e. The molecule has 1 aromatic carbocycles. The molecule has 2 heteroatoms. The molecule has 1 fully saturated rings. The van der Waals surface area contributed by atoms with Gasteiger partial charge < -0.3 is 11.5 Å². The second-order valence-electron chi connectivity index (χ2n) is 4.63. The minimum absolute atomic E-state index is 0.439. The molecule has 0 atom stereocenters. The van der Waals surface area contributed by atoms with E-state index in [1.54, 1.807) is 0 Å². The van der Waals surface area contributed by atoms with Gasteiger partial charge >= 0.3 is 0 Å². The molecule has 0 spiro atoms. The van der Waals surface area contributed by atoms with Crippen molar-refractivity contribution in [3.8, 4) is 0 Å². The summed E-state index contributed by atoms with van der Waals surface area (Å²) in [6, 6.07) is 10.1. The Morgan fingerprint density at radius 2 is 1.53 bits per heavy atom. The van der Waals surface area contributed by atoms with Crippen LogP contribution in [0.4, 0.5) is 0 Å². The van der Waals surface area contributed by atoms with Gasteiger partial charge in [-0.2, -0.15) is 0 Å². The monoisotopic (exact) mass is 204 g/mol. The Bertz CT molecular complexity index is 300. The number of hydrogen-bond donors (Lipinski definition) is 2. The average molecular weight is 204 g/mol. The molecule has 0 saturated heterocycles. The van der Waals surface area contributed by atoms with Gasteiger partial charge in [0.25, 0.3) is 0 Å². The van der Waals surface area contributed by atoms with Crippen molar-refractivity contribution in [3.63, 3.8) is 0 Å². The van der Waals surface area contributed by atoms with Crippen LogP contribution in [0.25, 0.3) is 0 Å². The lowest BCUT2D eigenvalue weighted by Crippen LogP contribution is -2.52. The third kappa shape index (κ3) is 2.21. The summed E-state index contributed by atoms with van der Waals surface area (Å²) in [6.07, 6.45) is 6.21. The average Bonchev–Trinajstić information content (AvgIpc) is 2.31. The van der Waals surface area contributed by atoms with Gasteiger partial charge in [-0.05, 0) is 24.3 Å². The maximum atomic E-state index is 6.29. The zero-order valence-electron chi connectivity index (χ0n) is 9.15. The first kappa shape index (κ1) is 10.7. The van der Waals surface area contributed by atoms with Crippen LogP contribution in [0.1, 0.15) is 37.7 Å². The Labute approximate surface area is 91.7 Å². The van der Waals surface area contributed by atoms with Crippen LogP contribution in [0.5, 0.6) is 0 Å². The van der Waals surface area contributed by atoms with E-state index in [1.807, 2.05) is 30.3 Å². The van der Waals surface area contributed by atoms with Crippen molar-refractivity contribution in [1.82, 2.24) is 0 Å². The van der Waals surface area contributed by atoms with Crippen molar-refractivity contribution in [2.75, 3.05) is 0 Å². The van der Waals surface area contributed by atoms with Crippen molar-refractivity contribution in [1.29, 1.82) is 0 Å². The fraction of sp³-hybridized carbons (Fsp3) is 0.538. The van der Waals surface area contributed by atoms with Gasteiger partial charge in [0, 0.05) is 0 Å². The third-order valence-corrected chi connectivity index (χ3v) is 3.55. The smallest absolute Gasteiger partial charge is 0.0928 e. The van der Waals surface area contributed by atoms with Crippen molar-refractivity contribution >= 4 is 0 Å². The molecule has 1 aliphatic rings. The van der Waals surface area contributed by atoms with Gasteiger partial charge in [0.05, 0.1) is 5.66 Å². The SMILES string of the molecule is NC(N)(c1ccccc1)C1CCCCC1. The van der Waals surface area contributed by atoms with E-state index in [1.165, 1.54) is 32.1 Å². The molecule has 0 bridgehead atoms. The summed E-state index contributed by atoms with van der Waals surface area (Å²) in [4.78, 5) is 0. The molecule has 0 unspecified atom stereocenters. The molecule has 1 aliphatic carbocycles. The molecular weight excluding hydrogens is 184 g/mol. The zero-order valence-corrected chi connectivity index (χ0v) is 9.15. The molecule has 0 amide bonds. The van der Waals surface area contributed by atoms with Crippen LogP contribution in [-0.4, -0.2) is 0 Å². The van der Waals surface area contributed by atoms with E-state index < -0.39 is 5.66 Å². The van der Waals surface area contributed by atoms with E-state index in [-0.39, 0.29) is 0 Å². The van der Waals surface area contributed by atoms with Gasteiger partial charge in [-0.15, -0.1) is 0 Å². The largest absolute Gasteiger partial charge is 0.309 e. The van der Waals surface area contributed by atoms with Crippen molar-refractivity contribution < 1.29 is 0 Å². The van der Waals surface area contributed by atoms with Gasteiger partial charge in [0.15, 0.2) is 0 Å². The van der Waals surface area contributed by atoms with E-state index in [0.717, 1.165) is 5.56 Å². The Kier molecular flexibility index (Phi) is 3.08. The Balaban J connectivity index is 2.18. The maximum Gasteiger partial charge on any atom is 0.0928 e. The summed E-state index contributed by atoms with van der Waals surface area (Å²) < 4.78 is 0. The van der Waals surface area contributed by atoms with Crippen LogP contribution in [0.3, 0.4) is 0 Å². The first-order valence-electron chi connectivity index (χ1n) is 5.84. The molecule has 0 aliphatic heterocycles. The zero-order chi connectivity index (χ0) is 10.7. The molecular formula is C13H20N2. The lowest BCUT2D eigenvalue weighted by molar-refractivity contribution is 0.212. The first-order valence-corrected chi connectivity index (χ1v) is 5.84. The van der Waals surface area contributed by atoms with E-state index >= 15 is 0 Å². The molecule has 2 rings (SSSR count). The van der Waals surface area contributed by atoms with Gasteiger partial charge in [-0.1, -0.05) is 49.6 Å². The molecule has 1 saturated carbocycles. The van der Waals surface area contributed by atoms with Crippen molar-refractivity contribution in [2.45, 2.75) is 37.8 Å². The van der Waals surface area contributed by atoms with E-state index in [0.29, 0.717) is 5.92 Å². The predicted octanol–water partition coefficient (Wildman–Crippen LogP) is 2.34. The van der Waals surface area contributed by atoms with Crippen LogP contribution in [0.2, 0.25) is 0 Å². The van der Waals surface area contributed by atoms with Crippen LogP contribution in [-0.2, 0) is 5.66 Å². The normalized spacial score (nSPS) is 19.1. The molecule has 15 heavy (non-hydrogen) atoms. The number of nitrogens with two attached hydrogens (primary N) is 2. The summed E-state index contributed by atoms with van der Waals surface area (Å²) in [7, 11) is 0. The van der Waals surface area contributed by atoms with Gasteiger partial charge in [0.1, 0.15) is 0 Å². The second kappa shape index (κ2) is 4.33. The number of hydrogen-bond acceptors (Lipinski definition) is 2. The summed E-state index contributed by atoms with van der Waals surface area (Å²) >= 11 is 0. The fourth-order valence-corrected chi connectivity index (χ4v) is 2.54. The summed E-state index contributed by atoms with van der Waals surface area (Å²) in [5, 5.41) is 0. The van der Waals surface area contributed by atoms with Crippen molar-refractivity contribution in [3.05, 3.63) is 35.9 Å². The maximum absolute atomic E-state index is 6.29. The Morgan fingerprint density at radius 1 is 0.933 bits per heavy atom. The summed E-state index contributed by atoms with van der Waals surface area (Å²) in [5.74, 6) is 0.439. The quantitative estimate of drug-likeness (QED) is 0.726. The molecule has 0 heterocycles. The van der Waals surface area contributed by atoms with E-state index in [2.05, 4.69) is 0 Å². The predicted molar refractivity (Wildman–Crippen MR) is 63.1 cm³/mol. The topological polar surface area (TPSA) is 52.0 Å². The molecule has 4 N–H and O–H groups in total. The van der Waals surface area contributed by atoms with Crippen LogP contribution < -0.4 is 11.5 Å². The highest BCUT2D eigenvalue weighted by Gasteiger charge is 2.33. The molecule has 0 radical (unpaired) electrons. The van der Waals surface area contributed by atoms with Crippen LogP contribution in [0.15, 0.2) is 30.3 Å². The van der Waals surface area contributed by atoms with E-state index in [4.69, 9.17) is 11.5 Å². The lowest BCUT2D eigenvalue weighted by atomic mass is 9.77. The van der Waals surface area contributed by atoms with Crippen LogP contribution >= 0.6 is 0 Å². The molecule has 0 aromatic heterocycles. The van der Waals surface area contributed by atoms with Gasteiger partial charge in [-0.3, -0.25) is 0 Å². The van der Waals surface area contributed by atoms with E-state index in [9.17, 15) is 0 Å². The number of benzene rings is 1. The Hall–Kier alpha value is -0.860. The lowest BCUT2D eigenvalue weighted by Gasteiger charge is -2.36. The molecule has 1 aromatic rings. The molecule has 2 nitrogen and oxygen atoms in total. The third-order valence-electron chi connectivity index (χ3n) is 3.55. The highest BCUT2D eigenvalue weighted by atomic mass is 15.0. The van der Waals surface area contributed by atoms with Crippen molar-refractivity contribution in [2.24, 2.45) is 17.4 Å². The second-order valence-corrected chi connectivity index (χ2v) is 4.63. The molecule has 82 valence electrons. The first-order chi connectivity index (χ1) is 7.21. The fourth-order valence-electron chi connectivity index (χ4n) is 2.54. The van der Waals surface area contributed by atoms with Crippen LogP contribution in [0, 0.1) is 5.92 Å². The highest BCUT2D eigenvalue weighted by molar-refractivity contribution is 5.23. The standard InChI is InChI=1S/C13H20N2/c14-13(15,11-7-3-1-4-8-11)12-9-5-2-6-10-12/h1,3-4,7-8,12H,2,5-6,9-10,14-15H2. The minimum atomic E-state index is -0.637. The Morgan fingerprint density at radius 3 is 2.13 bits per heavy atom. The summed E-state index contributed by atoms with van der Waals surface area (Å²) in [5.41, 5.74) is 13.0. The highest BCUT2D eigenvalue weighted by Crippen LogP contribution is 2.33. The number of rotatable bonds is 2. The van der Waals surface area contributed by atoms with Gasteiger partial charge in [-0.25, -0.2) is 0 Å².